The number of aromatic nitrogens is 4. The molecular formula is C40H69N16O23P3S. The minimum absolute atomic E-state index is 0.00941. The quantitative estimate of drug-likeness (QED) is 0.0129. The predicted octanol–water partition coefficient (Wildman–Crippen LogP) is -7.23. The Labute approximate surface area is 475 Å². The molecule has 83 heavy (non-hydrogen) atoms. The number of nitrogens with one attached hydrogen (secondary N) is 7. The molecular weight excluding hydrogens is 1200 g/mol. The van der Waals surface area contributed by atoms with Crippen LogP contribution in [0.15, 0.2) is 17.6 Å². The number of ether oxygens (including phenoxy) is 1. The molecule has 3 rings (SSSR count). The van der Waals surface area contributed by atoms with Gasteiger partial charge in [0.25, 0.3) is 0 Å². The lowest BCUT2D eigenvalue weighted by atomic mass is 9.87. The zero-order valence-corrected chi connectivity index (χ0v) is 48.1. The van der Waals surface area contributed by atoms with E-state index in [0.717, 1.165) is 17.2 Å². The van der Waals surface area contributed by atoms with Crippen LogP contribution in [0.2, 0.25) is 0 Å². The maximum atomic E-state index is 12.8. The van der Waals surface area contributed by atoms with E-state index < -0.39 is 158 Å². The monoisotopic (exact) mass is 1270 g/mol. The van der Waals surface area contributed by atoms with E-state index in [1.165, 1.54) is 32.5 Å². The summed E-state index contributed by atoms with van der Waals surface area (Å²) < 4.78 is 62.4. The minimum atomic E-state index is -5.61. The Morgan fingerprint density at radius 3 is 2.07 bits per heavy atom. The first kappa shape index (κ1) is 71.2. The van der Waals surface area contributed by atoms with Crippen LogP contribution in [-0.2, 0) is 74.7 Å². The number of aliphatic imine (C=N–C) groups is 1. The molecule has 2 aromatic rings. The second-order valence-corrected chi connectivity index (χ2v) is 23.9. The van der Waals surface area contributed by atoms with E-state index in [9.17, 15) is 86.9 Å². The number of nitrogens with two attached hydrogens (primary N) is 4. The van der Waals surface area contributed by atoms with E-state index >= 15 is 0 Å². The number of nitrogen functional groups attached to an aromatic ring is 1. The van der Waals surface area contributed by atoms with Crippen LogP contribution in [0.1, 0.15) is 52.7 Å². The second-order valence-electron chi connectivity index (χ2n) is 18.4. The van der Waals surface area contributed by atoms with Crippen molar-refractivity contribution in [2.75, 3.05) is 69.8 Å². The first-order valence-electron chi connectivity index (χ1n) is 24.5. The van der Waals surface area contributed by atoms with Crippen molar-refractivity contribution in [3.63, 3.8) is 0 Å². The van der Waals surface area contributed by atoms with E-state index in [-0.39, 0.29) is 74.0 Å². The van der Waals surface area contributed by atoms with Gasteiger partial charge in [0.1, 0.15) is 54.4 Å². The number of fused-ring (bicyclic) bond motifs is 1. The fourth-order valence-corrected chi connectivity index (χ4v) is 10.4. The lowest BCUT2D eigenvalue weighted by Gasteiger charge is -2.30. The summed E-state index contributed by atoms with van der Waals surface area (Å²) in [4.78, 5) is 154. The number of primary amides is 1. The van der Waals surface area contributed by atoms with Gasteiger partial charge in [-0.1, -0.05) is 13.8 Å². The van der Waals surface area contributed by atoms with Gasteiger partial charge in [-0.3, -0.25) is 61.5 Å². The number of aliphatic hydroxyl groups is 3. The van der Waals surface area contributed by atoms with Crippen molar-refractivity contribution in [1.29, 1.82) is 0 Å². The Morgan fingerprint density at radius 1 is 0.819 bits per heavy atom. The molecule has 0 aromatic carbocycles. The van der Waals surface area contributed by atoms with Crippen LogP contribution in [0.25, 0.3) is 11.2 Å². The third-order valence-corrected chi connectivity index (χ3v) is 15.3. The molecule has 22 N–H and O–H groups in total. The number of guanidine groups is 1. The van der Waals surface area contributed by atoms with E-state index in [4.69, 9.17) is 41.2 Å². The Balaban J connectivity index is 1.34. The molecule has 43 heteroatoms. The van der Waals surface area contributed by atoms with Gasteiger partial charge >= 0.3 is 23.5 Å². The largest absolute Gasteiger partial charge is 0.481 e. The molecule has 0 spiro atoms. The van der Waals surface area contributed by atoms with Crippen molar-refractivity contribution in [3.05, 3.63) is 12.7 Å². The normalized spacial score (nSPS) is 19.1. The highest BCUT2D eigenvalue weighted by Crippen LogP contribution is 2.61. The number of rotatable bonds is 37. The number of aliphatic hydroxyl groups excluding tert-OH is 3. The first-order chi connectivity index (χ1) is 38.7. The van der Waals surface area contributed by atoms with Crippen molar-refractivity contribution in [2.45, 2.75) is 95.2 Å². The van der Waals surface area contributed by atoms with Gasteiger partial charge in [0.2, 0.25) is 47.3 Å². The van der Waals surface area contributed by atoms with Crippen molar-refractivity contribution in [3.8, 4) is 0 Å². The van der Waals surface area contributed by atoms with Crippen LogP contribution in [-0.4, -0.2) is 214 Å². The first-order valence-corrected chi connectivity index (χ1v) is 30.2. The molecule has 3 unspecified atom stereocenters. The summed E-state index contributed by atoms with van der Waals surface area (Å²) in [6, 6.07) is -3.72. The second kappa shape index (κ2) is 32.9. The lowest BCUT2D eigenvalue weighted by Crippen LogP contribution is -2.54. The summed E-state index contributed by atoms with van der Waals surface area (Å²) in [7, 11) is -16.5. The van der Waals surface area contributed by atoms with Gasteiger partial charge in [-0.2, -0.15) is 16.1 Å². The molecule has 2 aromatic heterocycles. The maximum Gasteiger partial charge on any atom is 0.481 e. The van der Waals surface area contributed by atoms with E-state index in [0.29, 0.717) is 5.75 Å². The lowest BCUT2D eigenvalue weighted by molar-refractivity contribution is -0.137. The average molecular weight is 1270 g/mol. The Bertz CT molecular complexity index is 2770. The van der Waals surface area contributed by atoms with Crippen molar-refractivity contribution < 1.29 is 110 Å². The highest BCUT2D eigenvalue weighted by atomic mass is 32.2. The van der Waals surface area contributed by atoms with Gasteiger partial charge in [0.05, 0.1) is 39.2 Å². The van der Waals surface area contributed by atoms with Crippen LogP contribution in [0.5, 0.6) is 0 Å². The summed E-state index contributed by atoms with van der Waals surface area (Å²) >= 11 is 1.23. The number of carbonyl (C=O) groups excluding carboxylic acids is 8. The van der Waals surface area contributed by atoms with Gasteiger partial charge in [-0.25, -0.2) is 28.6 Å². The molecule has 39 nitrogen and oxygen atoms in total. The van der Waals surface area contributed by atoms with Crippen LogP contribution in [0.3, 0.4) is 0 Å². The number of hydrogen-bond donors (Lipinski definition) is 18. The molecule has 8 amide bonds. The zero-order valence-electron chi connectivity index (χ0n) is 44.6. The molecule has 0 aliphatic carbocycles. The summed E-state index contributed by atoms with van der Waals surface area (Å²) in [6.45, 7) is -0.546. The SMILES string of the molecule is C[C@H](NC(=O)CNC(=O)[C@H](CCCN=C(N)N)NC(=O)CNC(=O)[C@H](CO)NC(=O)CCSCCNC(=O)CCNC(=O)C(O)C(C)(C)COP(=O)(O)OP(=O)(O)OC[C@H]1O[C@@H](n2cnc3c(N)ncnc32)[C@H](OP(=O)(O)O)[C@@H]1O)C(N)=O. The standard InChI is InChI=1S/C40H69N16O23P3S/c1-20(33(42)64)53-26(60)13-48-35(65)21(5-4-8-47-39(43)44)54-27(61)14-49-36(66)22(15-57)55-25(59)7-11-83-12-10-45-24(58)6-9-46-37(67)31(63)40(2,3)17-76-82(73,74)79-81(71,72)75-16-23-29(62)30(78-80(68,69)70)38(77-23)56-19-52-28-32(41)50-18-51-34(28)56/h18-23,29-31,38,57,62-63H,4-17H2,1-3H3,(H2,42,64)(H,45,58)(H,46,67)(H,48,65)(H,49,66)(H,53,60)(H,54,61)(H,55,59)(H,71,72)(H,73,74)(H2,41,50,51)(H4,43,44,47)(H2,68,69,70)/t20-,21-,22-,23+,29+,30+,31?,38+/m0/s1. The van der Waals surface area contributed by atoms with Crippen LogP contribution in [0.4, 0.5) is 5.82 Å². The van der Waals surface area contributed by atoms with Crippen molar-refractivity contribution in [2.24, 2.45) is 27.6 Å². The number of carbonyl (C=O) groups is 8. The molecule has 10 atom stereocenters. The van der Waals surface area contributed by atoms with Gasteiger partial charge in [0, 0.05) is 49.4 Å². The van der Waals surface area contributed by atoms with Crippen molar-refractivity contribution >= 4 is 105 Å². The molecule has 0 saturated carbocycles. The van der Waals surface area contributed by atoms with Gasteiger partial charge in [-0.05, 0) is 19.8 Å². The molecule has 468 valence electrons. The number of thioether (sulfide) groups is 1. The smallest absolute Gasteiger partial charge is 0.394 e. The van der Waals surface area contributed by atoms with Crippen LogP contribution in [0, 0.1) is 5.41 Å². The topological polar surface area (TPSA) is 620 Å². The molecule has 1 fully saturated rings. The number of anilines is 1. The van der Waals surface area contributed by atoms with Crippen molar-refractivity contribution in [1.82, 2.24) is 56.7 Å². The van der Waals surface area contributed by atoms with E-state index in [2.05, 4.69) is 61.5 Å². The fraction of sp³-hybridized carbons (Fsp3) is 0.650. The molecule has 1 aliphatic rings. The summed E-state index contributed by atoms with van der Waals surface area (Å²) in [5.41, 5.74) is 19.8. The number of phosphoric acid groups is 3. The zero-order chi connectivity index (χ0) is 62.5. The molecule has 0 bridgehead atoms. The third kappa shape index (κ3) is 25.0. The summed E-state index contributed by atoms with van der Waals surface area (Å²) in [5, 5.41) is 47.7. The fourth-order valence-electron chi connectivity index (χ4n) is 6.87. The van der Waals surface area contributed by atoms with E-state index in [1.807, 2.05) is 0 Å². The number of amides is 8. The van der Waals surface area contributed by atoms with Crippen LogP contribution >= 0.6 is 35.2 Å². The van der Waals surface area contributed by atoms with Gasteiger partial charge < -0.3 is 99.8 Å². The Morgan fingerprint density at radius 2 is 1.45 bits per heavy atom. The number of imidazole rings is 1. The Kier molecular flexibility index (Phi) is 28.2. The van der Waals surface area contributed by atoms with Crippen LogP contribution < -0.4 is 60.2 Å². The van der Waals surface area contributed by atoms with Gasteiger partial charge in [0.15, 0.2) is 23.7 Å². The molecule has 1 aliphatic heterocycles. The number of phosphoric ester groups is 3. The summed E-state index contributed by atoms with van der Waals surface area (Å²) in [5.74, 6) is -6.18. The molecule has 0 radical (unpaired) electrons. The predicted molar refractivity (Wildman–Crippen MR) is 285 cm³/mol. The molecule has 1 saturated heterocycles. The van der Waals surface area contributed by atoms with E-state index in [1.54, 1.807) is 0 Å². The highest BCUT2D eigenvalue weighted by Gasteiger charge is 2.50. The number of nitrogens with zero attached hydrogens (tertiary/aromatic N) is 5. The molecule has 3 heterocycles. The average Bonchev–Trinajstić information content (AvgIpc) is 3.70. The minimum Gasteiger partial charge on any atom is -0.394 e. The van der Waals surface area contributed by atoms with Gasteiger partial charge in [-0.15, -0.1) is 0 Å². The summed E-state index contributed by atoms with van der Waals surface area (Å²) in [6.07, 6.45) is -7.31. The highest BCUT2D eigenvalue weighted by molar-refractivity contribution is 7.99. The number of hydrogen-bond acceptors (Lipinski definition) is 25. The Hall–Kier alpha value is -6.06. The third-order valence-electron chi connectivity index (χ3n) is 11.2. The maximum absolute atomic E-state index is 12.8.